The number of ether oxygens (including phenoxy) is 2. The zero-order chi connectivity index (χ0) is 24.1. The zero-order valence-electron chi connectivity index (χ0n) is 18.7. The Morgan fingerprint density at radius 3 is 2.44 bits per heavy atom. The lowest BCUT2D eigenvalue weighted by Gasteiger charge is -2.15. The fourth-order valence-electron chi connectivity index (χ4n) is 3.70. The maximum Gasteiger partial charge on any atom is 0.318 e. The first-order valence-corrected chi connectivity index (χ1v) is 10.5. The van der Waals surface area contributed by atoms with E-state index in [0.717, 1.165) is 10.1 Å². The summed E-state index contributed by atoms with van der Waals surface area (Å²) in [6.07, 6.45) is 4.76. The van der Waals surface area contributed by atoms with Crippen LogP contribution in [-0.2, 0) is 24.4 Å². The Morgan fingerprint density at radius 1 is 0.941 bits per heavy atom. The van der Waals surface area contributed by atoms with Crippen molar-refractivity contribution in [2.45, 2.75) is 19.6 Å². The molecular formula is C24H23N5O5. The molecule has 4 rings (SSSR count). The van der Waals surface area contributed by atoms with E-state index in [1.54, 1.807) is 54.9 Å². The topological polar surface area (TPSA) is 117 Å². The fourth-order valence-corrected chi connectivity index (χ4v) is 3.70. The van der Waals surface area contributed by atoms with Crippen LogP contribution in [0.2, 0.25) is 0 Å². The lowest BCUT2D eigenvalue weighted by atomic mass is 10.2. The van der Waals surface area contributed by atoms with E-state index in [-0.39, 0.29) is 19.6 Å². The highest BCUT2D eigenvalue weighted by Crippen LogP contribution is 2.30. The number of nitrogens with one attached hydrogen (secondary N) is 1. The van der Waals surface area contributed by atoms with Crippen molar-refractivity contribution in [2.24, 2.45) is 0 Å². The normalized spacial score (nSPS) is 10.8. The molecule has 174 valence electrons. The van der Waals surface area contributed by atoms with Crippen LogP contribution in [0.25, 0.3) is 11.2 Å². The number of carbonyl (C=O) groups is 1. The number of fused-ring (bicyclic) bond motifs is 1. The van der Waals surface area contributed by atoms with Crippen LogP contribution in [0.4, 0.5) is 0 Å². The van der Waals surface area contributed by atoms with Crippen LogP contribution in [0.5, 0.6) is 11.5 Å². The zero-order valence-corrected chi connectivity index (χ0v) is 18.7. The second kappa shape index (κ2) is 9.99. The molecule has 0 bridgehead atoms. The largest absolute Gasteiger partial charge is 0.493 e. The number of para-hydroxylation sites is 1. The number of hydrogen-bond donors (Lipinski definition) is 1. The SMILES string of the molecule is COc1cccc(CNC(=O)Cn2c(=O)c(=O)n(Cc3ccncc3)c3ncccc32)c1OC. The van der Waals surface area contributed by atoms with E-state index in [1.165, 1.54) is 25.0 Å². The van der Waals surface area contributed by atoms with E-state index in [0.29, 0.717) is 28.2 Å². The van der Waals surface area contributed by atoms with Crippen molar-refractivity contribution in [3.63, 3.8) is 0 Å². The van der Waals surface area contributed by atoms with E-state index in [9.17, 15) is 14.4 Å². The number of hydrogen-bond acceptors (Lipinski definition) is 7. The summed E-state index contributed by atoms with van der Waals surface area (Å²) in [4.78, 5) is 46.9. The molecule has 3 heterocycles. The van der Waals surface area contributed by atoms with Crippen LogP contribution < -0.4 is 25.9 Å². The number of aromatic nitrogens is 4. The summed E-state index contributed by atoms with van der Waals surface area (Å²) in [6.45, 7) is -0.0192. The standard InChI is InChI=1S/C24H23N5O5/c1-33-19-7-3-5-17(21(19)34-2)13-27-20(30)15-28-18-6-4-10-26-22(18)29(24(32)23(28)31)14-16-8-11-25-12-9-16/h3-12H,13-15H2,1-2H3,(H,27,30). The van der Waals surface area contributed by atoms with E-state index < -0.39 is 17.0 Å². The van der Waals surface area contributed by atoms with Crippen LogP contribution in [0.15, 0.2) is 70.6 Å². The monoisotopic (exact) mass is 461 g/mol. The third-order valence-electron chi connectivity index (χ3n) is 5.34. The number of pyridine rings is 2. The van der Waals surface area contributed by atoms with Gasteiger partial charge in [0.2, 0.25) is 5.91 Å². The lowest BCUT2D eigenvalue weighted by Crippen LogP contribution is -2.44. The van der Waals surface area contributed by atoms with Crippen LogP contribution in [-0.4, -0.2) is 39.2 Å². The highest BCUT2D eigenvalue weighted by atomic mass is 16.5. The molecular weight excluding hydrogens is 438 g/mol. The predicted molar refractivity (Wildman–Crippen MR) is 125 cm³/mol. The lowest BCUT2D eigenvalue weighted by molar-refractivity contribution is -0.121. The average Bonchev–Trinajstić information content (AvgIpc) is 2.88. The Hall–Kier alpha value is -4.47. The summed E-state index contributed by atoms with van der Waals surface area (Å²) in [6, 6.07) is 12.2. The molecule has 0 radical (unpaired) electrons. The summed E-state index contributed by atoms with van der Waals surface area (Å²) >= 11 is 0. The van der Waals surface area contributed by atoms with E-state index in [2.05, 4.69) is 15.3 Å². The minimum Gasteiger partial charge on any atom is -0.493 e. The Balaban J connectivity index is 1.62. The predicted octanol–water partition coefficient (Wildman–Crippen LogP) is 1.34. The summed E-state index contributed by atoms with van der Waals surface area (Å²) in [5.41, 5.74) is 0.642. The molecule has 3 aromatic heterocycles. The number of carbonyl (C=O) groups excluding carboxylic acids is 1. The Kier molecular flexibility index (Phi) is 6.67. The highest BCUT2D eigenvalue weighted by Gasteiger charge is 2.17. The number of nitrogens with zero attached hydrogens (tertiary/aromatic N) is 4. The molecule has 0 saturated heterocycles. The van der Waals surface area contributed by atoms with Crippen molar-refractivity contribution in [3.05, 3.63) is 92.9 Å². The van der Waals surface area contributed by atoms with Gasteiger partial charge in [0, 0.05) is 30.7 Å². The van der Waals surface area contributed by atoms with Gasteiger partial charge in [0.25, 0.3) is 0 Å². The van der Waals surface area contributed by atoms with Gasteiger partial charge >= 0.3 is 11.1 Å². The number of amides is 1. The number of rotatable bonds is 8. The van der Waals surface area contributed by atoms with Gasteiger partial charge in [-0.2, -0.15) is 0 Å². The molecule has 0 unspecified atom stereocenters. The van der Waals surface area contributed by atoms with Crippen LogP contribution in [0.3, 0.4) is 0 Å². The van der Waals surface area contributed by atoms with Crippen molar-refractivity contribution >= 4 is 17.1 Å². The summed E-state index contributed by atoms with van der Waals surface area (Å²) < 4.78 is 13.1. The van der Waals surface area contributed by atoms with Crippen molar-refractivity contribution in [2.75, 3.05) is 14.2 Å². The van der Waals surface area contributed by atoms with Crippen LogP contribution in [0.1, 0.15) is 11.1 Å². The van der Waals surface area contributed by atoms with Gasteiger partial charge in [-0.05, 0) is 35.9 Å². The van der Waals surface area contributed by atoms with Gasteiger partial charge in [0.15, 0.2) is 17.1 Å². The minimum absolute atomic E-state index is 0.156. The van der Waals surface area contributed by atoms with Crippen LogP contribution in [0, 0.1) is 0 Å². The van der Waals surface area contributed by atoms with Gasteiger partial charge in [0.1, 0.15) is 6.54 Å². The van der Waals surface area contributed by atoms with E-state index in [1.807, 2.05) is 0 Å². The van der Waals surface area contributed by atoms with Gasteiger partial charge in [-0.25, -0.2) is 4.98 Å². The summed E-state index contributed by atoms with van der Waals surface area (Å²) in [7, 11) is 3.05. The van der Waals surface area contributed by atoms with E-state index >= 15 is 0 Å². The third-order valence-corrected chi connectivity index (χ3v) is 5.34. The third kappa shape index (κ3) is 4.51. The maximum absolute atomic E-state index is 13.0. The second-order valence-corrected chi connectivity index (χ2v) is 7.41. The average molecular weight is 461 g/mol. The Labute approximate surface area is 194 Å². The van der Waals surface area contributed by atoms with Gasteiger partial charge in [-0.15, -0.1) is 0 Å². The molecule has 0 aliphatic heterocycles. The van der Waals surface area contributed by atoms with Crippen LogP contribution >= 0.6 is 0 Å². The molecule has 1 aromatic carbocycles. The highest BCUT2D eigenvalue weighted by molar-refractivity contribution is 5.79. The molecule has 4 aromatic rings. The van der Waals surface area contributed by atoms with Gasteiger partial charge in [-0.3, -0.25) is 28.5 Å². The molecule has 0 aliphatic carbocycles. The van der Waals surface area contributed by atoms with Crippen molar-refractivity contribution in [3.8, 4) is 11.5 Å². The van der Waals surface area contributed by atoms with E-state index in [4.69, 9.17) is 9.47 Å². The smallest absolute Gasteiger partial charge is 0.318 e. The summed E-state index contributed by atoms with van der Waals surface area (Å²) in [5.74, 6) is 0.611. The Bertz CT molecular complexity index is 1450. The number of methoxy groups -OCH3 is 2. The maximum atomic E-state index is 13.0. The van der Waals surface area contributed by atoms with Crippen molar-refractivity contribution in [1.29, 1.82) is 0 Å². The quantitative estimate of drug-likeness (QED) is 0.394. The van der Waals surface area contributed by atoms with Gasteiger partial charge < -0.3 is 14.8 Å². The molecule has 10 heteroatoms. The minimum atomic E-state index is -0.802. The molecule has 1 N–H and O–H groups in total. The molecule has 0 atom stereocenters. The van der Waals surface area contributed by atoms with Crippen molar-refractivity contribution < 1.29 is 14.3 Å². The van der Waals surface area contributed by atoms with Gasteiger partial charge in [0.05, 0.1) is 26.3 Å². The number of benzene rings is 1. The van der Waals surface area contributed by atoms with Gasteiger partial charge in [-0.1, -0.05) is 12.1 Å². The molecule has 0 aliphatic rings. The molecule has 0 spiro atoms. The van der Waals surface area contributed by atoms with Crippen molar-refractivity contribution in [1.82, 2.24) is 24.4 Å². The molecule has 0 saturated carbocycles. The molecule has 34 heavy (non-hydrogen) atoms. The summed E-state index contributed by atoms with van der Waals surface area (Å²) in [5, 5.41) is 2.77. The first-order valence-electron chi connectivity index (χ1n) is 10.5. The molecule has 0 fully saturated rings. The molecule has 1 amide bonds. The Morgan fingerprint density at radius 2 is 1.71 bits per heavy atom. The molecule has 10 nitrogen and oxygen atoms in total. The first kappa shape index (κ1) is 22.7. The first-order chi connectivity index (χ1) is 16.5. The second-order valence-electron chi connectivity index (χ2n) is 7.41. The fraction of sp³-hybridized carbons (Fsp3) is 0.208.